The Kier molecular flexibility index (Phi) is 12.1. The number of benzene rings is 1. The van der Waals surface area contributed by atoms with Gasteiger partial charge >= 0.3 is 0 Å². The van der Waals surface area contributed by atoms with Crippen LogP contribution in [0.3, 0.4) is 0 Å². The van der Waals surface area contributed by atoms with Gasteiger partial charge in [0.2, 0.25) is 0 Å². The summed E-state index contributed by atoms with van der Waals surface area (Å²) < 4.78 is 19.7. The van der Waals surface area contributed by atoms with Gasteiger partial charge in [0.25, 0.3) is 0 Å². The average Bonchev–Trinajstić information content (AvgIpc) is 2.52. The summed E-state index contributed by atoms with van der Waals surface area (Å²) >= 11 is 6.26. The third-order valence-corrected chi connectivity index (χ3v) is 4.58. The number of piperazine rings is 1. The number of nitrogens with one attached hydrogen (secondary N) is 1. The maximum absolute atomic E-state index is 14.4. The SMILES string of the molecule is CCOc1c(F)cc([C@H](CCC(C)C)N2CCNCC2)cc1Cl.Cl.Cl. The minimum Gasteiger partial charge on any atom is -0.489 e. The molecule has 1 aliphatic rings. The van der Waals surface area contributed by atoms with Crippen LogP contribution in [0.15, 0.2) is 12.1 Å². The molecule has 1 aliphatic heterocycles. The zero-order valence-corrected chi connectivity index (χ0v) is 17.6. The van der Waals surface area contributed by atoms with Gasteiger partial charge in [-0.25, -0.2) is 4.39 Å². The molecule has 2 rings (SSSR count). The van der Waals surface area contributed by atoms with E-state index in [9.17, 15) is 4.39 Å². The summed E-state index contributed by atoms with van der Waals surface area (Å²) in [7, 11) is 0. The van der Waals surface area contributed by atoms with Crippen LogP contribution in [0.4, 0.5) is 4.39 Å². The highest BCUT2D eigenvalue weighted by atomic mass is 35.5. The molecule has 0 amide bonds. The minimum atomic E-state index is -0.362. The maximum Gasteiger partial charge on any atom is 0.173 e. The second-order valence-corrected chi connectivity index (χ2v) is 6.93. The Morgan fingerprint density at radius 2 is 1.84 bits per heavy atom. The molecule has 7 heteroatoms. The molecule has 3 nitrogen and oxygen atoms in total. The first-order valence-corrected chi connectivity index (χ1v) is 8.97. The van der Waals surface area contributed by atoms with Crippen LogP contribution in [0.2, 0.25) is 5.02 Å². The number of hydrogen-bond donors (Lipinski definition) is 1. The number of hydrogen-bond acceptors (Lipinski definition) is 3. The van der Waals surface area contributed by atoms with E-state index in [0.29, 0.717) is 17.5 Å². The zero-order chi connectivity index (χ0) is 16.8. The average molecular weight is 416 g/mol. The summed E-state index contributed by atoms with van der Waals surface area (Å²) in [4.78, 5) is 2.43. The fourth-order valence-corrected chi connectivity index (χ4v) is 3.37. The van der Waals surface area contributed by atoms with E-state index < -0.39 is 0 Å². The monoisotopic (exact) mass is 414 g/mol. The molecule has 1 heterocycles. The fourth-order valence-electron chi connectivity index (χ4n) is 3.10. The Labute approximate surface area is 168 Å². The lowest BCUT2D eigenvalue weighted by Gasteiger charge is -2.36. The van der Waals surface area contributed by atoms with Crippen molar-refractivity contribution in [2.45, 2.75) is 39.7 Å². The van der Waals surface area contributed by atoms with Crippen LogP contribution in [0, 0.1) is 11.7 Å². The van der Waals surface area contributed by atoms with E-state index in [1.165, 1.54) is 0 Å². The quantitative estimate of drug-likeness (QED) is 0.670. The van der Waals surface area contributed by atoms with Crippen molar-refractivity contribution in [3.05, 3.63) is 28.5 Å². The van der Waals surface area contributed by atoms with E-state index in [-0.39, 0.29) is 42.4 Å². The second kappa shape index (κ2) is 12.2. The largest absolute Gasteiger partial charge is 0.489 e. The van der Waals surface area contributed by atoms with Crippen molar-refractivity contribution >= 4 is 36.4 Å². The normalized spacial score (nSPS) is 16.1. The van der Waals surface area contributed by atoms with Gasteiger partial charge in [0.1, 0.15) is 0 Å². The Bertz CT molecular complexity index is 488. The van der Waals surface area contributed by atoms with Gasteiger partial charge in [0.15, 0.2) is 11.6 Å². The number of rotatable bonds is 7. The van der Waals surface area contributed by atoms with Crippen molar-refractivity contribution in [3.63, 3.8) is 0 Å². The molecule has 1 saturated heterocycles. The van der Waals surface area contributed by atoms with Gasteiger partial charge in [-0.1, -0.05) is 25.4 Å². The third-order valence-electron chi connectivity index (χ3n) is 4.30. The van der Waals surface area contributed by atoms with Crippen LogP contribution in [0.1, 0.15) is 45.2 Å². The van der Waals surface area contributed by atoms with Gasteiger partial charge < -0.3 is 10.1 Å². The minimum absolute atomic E-state index is 0. The molecule has 0 saturated carbocycles. The first-order valence-electron chi connectivity index (χ1n) is 8.59. The second-order valence-electron chi connectivity index (χ2n) is 6.52. The predicted molar refractivity (Wildman–Crippen MR) is 108 cm³/mol. The van der Waals surface area contributed by atoms with E-state index in [1.807, 2.05) is 13.0 Å². The Hall–Kier alpha value is -0.260. The standard InChI is InChI=1S/C18H28ClFN2O.2ClH/c1-4-23-18-15(19)11-14(12-16(18)20)17(6-5-13(2)3)22-9-7-21-8-10-22;;/h11-13,17,21H,4-10H2,1-3H3;2*1H/t17-;;/m0../s1. The van der Waals surface area contributed by atoms with Crippen LogP contribution in [-0.4, -0.2) is 37.7 Å². The summed E-state index contributed by atoms with van der Waals surface area (Å²) in [6.45, 7) is 10.6. The fraction of sp³-hybridized carbons (Fsp3) is 0.667. The van der Waals surface area contributed by atoms with Crippen molar-refractivity contribution in [2.75, 3.05) is 32.8 Å². The molecule has 0 aliphatic carbocycles. The molecule has 1 N–H and O–H groups in total. The lowest BCUT2D eigenvalue weighted by molar-refractivity contribution is 0.159. The molecule has 0 bridgehead atoms. The van der Waals surface area contributed by atoms with Gasteiger partial charge in [-0.3, -0.25) is 4.90 Å². The smallest absolute Gasteiger partial charge is 0.173 e. The van der Waals surface area contributed by atoms with E-state index in [0.717, 1.165) is 44.6 Å². The summed E-state index contributed by atoms with van der Waals surface area (Å²) in [5.74, 6) is 0.434. The first-order chi connectivity index (χ1) is 11.0. The lowest BCUT2D eigenvalue weighted by Crippen LogP contribution is -2.45. The zero-order valence-electron chi connectivity index (χ0n) is 15.2. The molecular formula is C18H30Cl3FN2O. The highest BCUT2D eigenvalue weighted by Gasteiger charge is 2.24. The summed E-state index contributed by atoms with van der Waals surface area (Å²) in [5.41, 5.74) is 0.957. The van der Waals surface area contributed by atoms with Crippen LogP contribution < -0.4 is 10.1 Å². The van der Waals surface area contributed by atoms with Gasteiger partial charge in [-0.05, 0) is 43.4 Å². The molecule has 0 unspecified atom stereocenters. The molecule has 1 aromatic carbocycles. The first kappa shape index (κ1) is 24.7. The molecule has 0 spiro atoms. The maximum atomic E-state index is 14.4. The van der Waals surface area contributed by atoms with Gasteiger partial charge in [0, 0.05) is 32.2 Å². The van der Waals surface area contributed by atoms with Crippen molar-refractivity contribution in [3.8, 4) is 5.75 Å². The van der Waals surface area contributed by atoms with Crippen molar-refractivity contribution in [1.82, 2.24) is 10.2 Å². The van der Waals surface area contributed by atoms with Crippen LogP contribution in [0.25, 0.3) is 0 Å². The molecular weight excluding hydrogens is 386 g/mol. The lowest BCUT2D eigenvalue weighted by atomic mass is 9.95. The third kappa shape index (κ3) is 7.10. The molecule has 0 radical (unpaired) electrons. The predicted octanol–water partition coefficient (Wildman–Crippen LogP) is 5.10. The summed E-state index contributed by atoms with van der Waals surface area (Å²) in [6, 6.07) is 3.69. The highest BCUT2D eigenvalue weighted by Crippen LogP contribution is 2.35. The van der Waals surface area contributed by atoms with Crippen LogP contribution in [0.5, 0.6) is 5.75 Å². The molecule has 1 aromatic rings. The van der Waals surface area contributed by atoms with Gasteiger partial charge in [0.05, 0.1) is 11.6 Å². The van der Waals surface area contributed by atoms with E-state index in [4.69, 9.17) is 16.3 Å². The van der Waals surface area contributed by atoms with Crippen molar-refractivity contribution < 1.29 is 9.13 Å². The van der Waals surface area contributed by atoms with E-state index >= 15 is 0 Å². The molecule has 1 atom stereocenters. The van der Waals surface area contributed by atoms with Crippen LogP contribution >= 0.6 is 36.4 Å². The number of ether oxygens (including phenoxy) is 1. The highest BCUT2D eigenvalue weighted by molar-refractivity contribution is 6.32. The van der Waals surface area contributed by atoms with Crippen molar-refractivity contribution in [2.24, 2.45) is 5.92 Å². The molecule has 0 aromatic heterocycles. The summed E-state index contributed by atoms with van der Waals surface area (Å²) in [6.07, 6.45) is 2.13. The van der Waals surface area contributed by atoms with Gasteiger partial charge in [-0.2, -0.15) is 0 Å². The molecule has 25 heavy (non-hydrogen) atoms. The van der Waals surface area contributed by atoms with Crippen molar-refractivity contribution in [1.29, 1.82) is 0 Å². The van der Waals surface area contributed by atoms with Gasteiger partial charge in [-0.15, -0.1) is 24.8 Å². The number of nitrogens with zero attached hydrogens (tertiary/aromatic N) is 1. The van der Waals surface area contributed by atoms with E-state index in [2.05, 4.69) is 24.1 Å². The Balaban J connectivity index is 0.00000288. The topological polar surface area (TPSA) is 24.5 Å². The number of halogens is 4. The summed E-state index contributed by atoms with van der Waals surface area (Å²) in [5, 5.41) is 3.74. The van der Waals surface area contributed by atoms with E-state index in [1.54, 1.807) is 6.07 Å². The molecule has 146 valence electrons. The Morgan fingerprint density at radius 3 is 2.36 bits per heavy atom. The molecule has 1 fully saturated rings. The van der Waals surface area contributed by atoms with Crippen LogP contribution in [-0.2, 0) is 0 Å². The Morgan fingerprint density at radius 1 is 1.20 bits per heavy atom.